The molecule has 0 aliphatic heterocycles. The standard InChI is InChI=1S/C6H12O.C4H6O2.C2H6O/c1-3-5-6-7-4-2;1-3-4(5)6-2;1-2-3/h4H,2-3,5-6H2,1H3;3H,1H2,2H3;3H,2H2,1H3. The zero-order chi connectivity index (χ0) is 13.2. The Labute approximate surface area is 98.6 Å². The molecule has 0 fully saturated rings. The van der Waals surface area contributed by atoms with Gasteiger partial charge >= 0.3 is 5.97 Å². The Bertz CT molecular complexity index is 155. The minimum atomic E-state index is -0.394. The molecule has 0 spiro atoms. The summed E-state index contributed by atoms with van der Waals surface area (Å²) in [5.74, 6) is -0.394. The summed E-state index contributed by atoms with van der Waals surface area (Å²) in [6.45, 7) is 11.4. The smallest absolute Gasteiger partial charge is 0.329 e. The SMILES string of the molecule is C=CC(=O)OC.C=COCCCC.CCO. The van der Waals surface area contributed by atoms with Crippen LogP contribution >= 0.6 is 0 Å². The lowest BCUT2D eigenvalue weighted by molar-refractivity contribution is -0.134. The van der Waals surface area contributed by atoms with E-state index in [-0.39, 0.29) is 6.61 Å². The van der Waals surface area contributed by atoms with Gasteiger partial charge in [-0.25, -0.2) is 4.79 Å². The van der Waals surface area contributed by atoms with Crippen molar-refractivity contribution in [1.82, 2.24) is 0 Å². The third-order valence-corrected chi connectivity index (χ3v) is 1.10. The van der Waals surface area contributed by atoms with E-state index in [4.69, 9.17) is 9.84 Å². The number of rotatable bonds is 5. The average molecular weight is 232 g/mol. The minimum Gasteiger partial charge on any atom is -0.502 e. The molecule has 4 nitrogen and oxygen atoms in total. The Kier molecular flexibility index (Phi) is 29.6. The van der Waals surface area contributed by atoms with E-state index in [1.165, 1.54) is 19.8 Å². The summed E-state index contributed by atoms with van der Waals surface area (Å²) in [5, 5.41) is 7.57. The van der Waals surface area contributed by atoms with Crippen molar-refractivity contribution in [2.45, 2.75) is 26.7 Å². The molecule has 1 N–H and O–H groups in total. The number of hydrogen-bond acceptors (Lipinski definition) is 4. The van der Waals surface area contributed by atoms with Gasteiger partial charge < -0.3 is 14.6 Å². The number of ether oxygens (including phenoxy) is 2. The predicted octanol–water partition coefficient (Wildman–Crippen LogP) is 2.29. The van der Waals surface area contributed by atoms with Crippen molar-refractivity contribution < 1.29 is 19.4 Å². The predicted molar refractivity (Wildman–Crippen MR) is 66.0 cm³/mol. The van der Waals surface area contributed by atoms with Crippen molar-refractivity contribution in [3.8, 4) is 0 Å². The normalized spacial score (nSPS) is 7.25. The van der Waals surface area contributed by atoms with Crippen LogP contribution in [0, 0.1) is 0 Å². The van der Waals surface area contributed by atoms with Crippen molar-refractivity contribution in [3.63, 3.8) is 0 Å². The molecule has 16 heavy (non-hydrogen) atoms. The summed E-state index contributed by atoms with van der Waals surface area (Å²) in [4.78, 5) is 9.84. The number of hydrogen-bond donors (Lipinski definition) is 1. The van der Waals surface area contributed by atoms with Crippen LogP contribution < -0.4 is 0 Å². The monoisotopic (exact) mass is 232 g/mol. The molecule has 0 aliphatic carbocycles. The number of aliphatic hydroxyl groups excluding tert-OH is 1. The van der Waals surface area contributed by atoms with Gasteiger partial charge in [0, 0.05) is 12.7 Å². The first-order chi connectivity index (χ1) is 7.64. The van der Waals surface area contributed by atoms with Crippen molar-refractivity contribution in [1.29, 1.82) is 0 Å². The van der Waals surface area contributed by atoms with E-state index >= 15 is 0 Å². The molecule has 4 heteroatoms. The van der Waals surface area contributed by atoms with Gasteiger partial charge in [-0.1, -0.05) is 26.5 Å². The molecule has 0 aromatic rings. The molecule has 0 atom stereocenters. The Morgan fingerprint density at radius 1 is 1.38 bits per heavy atom. The fraction of sp³-hybridized carbons (Fsp3) is 0.583. The van der Waals surface area contributed by atoms with Gasteiger partial charge in [-0.2, -0.15) is 0 Å². The van der Waals surface area contributed by atoms with E-state index in [0.717, 1.165) is 19.1 Å². The van der Waals surface area contributed by atoms with Crippen LogP contribution in [0.25, 0.3) is 0 Å². The first-order valence-corrected chi connectivity index (χ1v) is 5.18. The third-order valence-electron chi connectivity index (χ3n) is 1.10. The van der Waals surface area contributed by atoms with Gasteiger partial charge in [0.2, 0.25) is 0 Å². The number of unbranched alkanes of at least 4 members (excludes halogenated alkanes) is 1. The van der Waals surface area contributed by atoms with Crippen LogP contribution in [-0.4, -0.2) is 31.4 Å². The molecular formula is C12H24O4. The second-order valence-electron chi connectivity index (χ2n) is 2.43. The van der Waals surface area contributed by atoms with Gasteiger partial charge in [-0.05, 0) is 13.3 Å². The Morgan fingerprint density at radius 2 is 1.88 bits per heavy atom. The maximum absolute atomic E-state index is 9.84. The molecule has 0 heterocycles. The lowest BCUT2D eigenvalue weighted by Crippen LogP contribution is -1.91. The zero-order valence-corrected chi connectivity index (χ0v) is 10.6. The highest BCUT2D eigenvalue weighted by Gasteiger charge is 1.81. The highest BCUT2D eigenvalue weighted by atomic mass is 16.5. The van der Waals surface area contributed by atoms with Crippen molar-refractivity contribution in [3.05, 3.63) is 25.5 Å². The van der Waals surface area contributed by atoms with Crippen LogP contribution in [0.3, 0.4) is 0 Å². The summed E-state index contributed by atoms with van der Waals surface area (Å²) < 4.78 is 8.98. The van der Waals surface area contributed by atoms with Crippen LogP contribution in [0.15, 0.2) is 25.5 Å². The number of aliphatic hydroxyl groups is 1. The molecule has 0 radical (unpaired) electrons. The van der Waals surface area contributed by atoms with Crippen LogP contribution in [0.4, 0.5) is 0 Å². The molecule has 0 saturated heterocycles. The summed E-state index contributed by atoms with van der Waals surface area (Å²) in [7, 11) is 1.31. The molecule has 0 amide bonds. The number of esters is 1. The molecule has 0 aromatic heterocycles. The second kappa shape index (κ2) is 23.5. The maximum Gasteiger partial charge on any atom is 0.329 e. The number of carbonyl (C=O) groups excluding carboxylic acids is 1. The zero-order valence-electron chi connectivity index (χ0n) is 10.6. The highest BCUT2D eigenvalue weighted by molar-refractivity contribution is 5.80. The highest BCUT2D eigenvalue weighted by Crippen LogP contribution is 1.85. The first-order valence-electron chi connectivity index (χ1n) is 5.18. The van der Waals surface area contributed by atoms with Crippen LogP contribution in [-0.2, 0) is 14.3 Å². The van der Waals surface area contributed by atoms with Crippen LogP contribution in [0.5, 0.6) is 0 Å². The largest absolute Gasteiger partial charge is 0.502 e. The van der Waals surface area contributed by atoms with E-state index in [1.54, 1.807) is 6.92 Å². The minimum absolute atomic E-state index is 0.250. The molecule has 0 bridgehead atoms. The van der Waals surface area contributed by atoms with Gasteiger partial charge in [0.05, 0.1) is 20.0 Å². The van der Waals surface area contributed by atoms with Gasteiger partial charge in [0.1, 0.15) is 0 Å². The summed E-state index contributed by atoms with van der Waals surface area (Å²) >= 11 is 0. The quantitative estimate of drug-likeness (QED) is 0.342. The fourth-order valence-electron chi connectivity index (χ4n) is 0.394. The molecule has 96 valence electrons. The maximum atomic E-state index is 9.84. The van der Waals surface area contributed by atoms with Gasteiger partial charge in [-0.15, -0.1) is 0 Å². The lowest BCUT2D eigenvalue weighted by atomic mass is 10.4. The Morgan fingerprint density at radius 3 is 2.06 bits per heavy atom. The topological polar surface area (TPSA) is 55.8 Å². The first kappa shape index (κ1) is 20.2. The van der Waals surface area contributed by atoms with Crippen molar-refractivity contribution in [2.24, 2.45) is 0 Å². The molecule has 0 aliphatic rings. The van der Waals surface area contributed by atoms with Crippen molar-refractivity contribution >= 4 is 5.97 Å². The Balaban J connectivity index is -0.000000172. The van der Waals surface area contributed by atoms with Gasteiger partial charge in [0.25, 0.3) is 0 Å². The average Bonchev–Trinajstić information content (AvgIpc) is 2.30. The van der Waals surface area contributed by atoms with E-state index in [1.807, 2.05) is 0 Å². The summed E-state index contributed by atoms with van der Waals surface area (Å²) in [6, 6.07) is 0. The summed E-state index contributed by atoms with van der Waals surface area (Å²) in [5.41, 5.74) is 0. The molecule has 0 aromatic carbocycles. The van der Waals surface area contributed by atoms with E-state index < -0.39 is 5.97 Å². The lowest BCUT2D eigenvalue weighted by Gasteiger charge is -1.93. The molecule has 0 saturated carbocycles. The van der Waals surface area contributed by atoms with Crippen molar-refractivity contribution in [2.75, 3.05) is 20.3 Å². The fourth-order valence-corrected chi connectivity index (χ4v) is 0.394. The van der Waals surface area contributed by atoms with E-state index in [9.17, 15) is 4.79 Å². The van der Waals surface area contributed by atoms with E-state index in [0.29, 0.717) is 0 Å². The molecule has 0 unspecified atom stereocenters. The Hall–Kier alpha value is -1.29. The molecular weight excluding hydrogens is 208 g/mol. The van der Waals surface area contributed by atoms with Gasteiger partial charge in [-0.3, -0.25) is 0 Å². The van der Waals surface area contributed by atoms with Crippen LogP contribution in [0.2, 0.25) is 0 Å². The van der Waals surface area contributed by atoms with Crippen LogP contribution in [0.1, 0.15) is 26.7 Å². The number of carbonyl (C=O) groups is 1. The van der Waals surface area contributed by atoms with E-state index in [2.05, 4.69) is 24.8 Å². The summed E-state index contributed by atoms with van der Waals surface area (Å²) in [6.07, 6.45) is 4.91. The third kappa shape index (κ3) is 38.7. The number of methoxy groups -OCH3 is 1. The molecule has 0 rings (SSSR count). The second-order valence-corrected chi connectivity index (χ2v) is 2.43. The van der Waals surface area contributed by atoms with Gasteiger partial charge in [0.15, 0.2) is 0 Å².